The molecule has 3 N–H and O–H groups in total. The quantitative estimate of drug-likeness (QED) is 0.871. The molecule has 1 aromatic carbocycles. The number of primary amides is 1. The first-order chi connectivity index (χ1) is 7.41. The van der Waals surface area contributed by atoms with Crippen LogP contribution in [0.2, 0.25) is 10.0 Å². The fourth-order valence-electron chi connectivity index (χ4n) is 1.32. The van der Waals surface area contributed by atoms with Crippen molar-refractivity contribution in [3.63, 3.8) is 0 Å². The maximum Gasteiger partial charge on any atom is 0.304 e. The summed E-state index contributed by atoms with van der Waals surface area (Å²) in [4.78, 5) is 21.7. The van der Waals surface area contributed by atoms with Crippen LogP contribution in [0.15, 0.2) is 18.2 Å². The Hall–Kier alpha value is -1.26. The van der Waals surface area contributed by atoms with Crippen molar-refractivity contribution >= 4 is 35.1 Å². The third kappa shape index (κ3) is 3.12. The summed E-state index contributed by atoms with van der Waals surface area (Å²) in [7, 11) is 0. The van der Waals surface area contributed by atoms with Crippen LogP contribution in [0.25, 0.3) is 0 Å². The molecule has 0 spiro atoms. The first kappa shape index (κ1) is 12.8. The van der Waals surface area contributed by atoms with E-state index >= 15 is 0 Å². The van der Waals surface area contributed by atoms with Crippen molar-refractivity contribution in [2.75, 3.05) is 0 Å². The summed E-state index contributed by atoms with van der Waals surface area (Å²) < 4.78 is 0. The second-order valence-electron chi connectivity index (χ2n) is 3.22. The van der Waals surface area contributed by atoms with E-state index in [9.17, 15) is 9.59 Å². The van der Waals surface area contributed by atoms with Gasteiger partial charge >= 0.3 is 5.97 Å². The van der Waals surface area contributed by atoms with Gasteiger partial charge in [0.15, 0.2) is 0 Å². The molecule has 0 fully saturated rings. The molecule has 0 bridgehead atoms. The van der Waals surface area contributed by atoms with Crippen molar-refractivity contribution in [3.05, 3.63) is 33.8 Å². The number of halogens is 2. The predicted octanol–water partition coefficient (Wildman–Crippen LogP) is 2.04. The number of carbonyl (C=O) groups is 2. The Morgan fingerprint density at radius 1 is 1.38 bits per heavy atom. The Morgan fingerprint density at radius 3 is 2.44 bits per heavy atom. The van der Waals surface area contributed by atoms with Gasteiger partial charge in [0.2, 0.25) is 5.91 Å². The molecule has 1 atom stereocenters. The molecule has 0 aliphatic rings. The van der Waals surface area contributed by atoms with E-state index in [-0.39, 0.29) is 5.02 Å². The number of rotatable bonds is 4. The topological polar surface area (TPSA) is 80.4 Å². The van der Waals surface area contributed by atoms with Gasteiger partial charge in [-0.2, -0.15) is 0 Å². The van der Waals surface area contributed by atoms with E-state index in [2.05, 4.69) is 0 Å². The van der Waals surface area contributed by atoms with Crippen LogP contribution in [0.5, 0.6) is 0 Å². The van der Waals surface area contributed by atoms with Gasteiger partial charge in [-0.1, -0.05) is 29.3 Å². The summed E-state index contributed by atoms with van der Waals surface area (Å²) in [6, 6.07) is 4.47. The van der Waals surface area contributed by atoms with E-state index in [1.807, 2.05) is 0 Å². The average Bonchev–Trinajstić information content (AvgIpc) is 2.14. The number of aliphatic carboxylic acids is 1. The molecule has 0 aliphatic carbocycles. The molecule has 0 saturated carbocycles. The zero-order chi connectivity index (χ0) is 12.3. The maximum atomic E-state index is 11.1. The molecular formula is C10H9Cl2NO3. The fraction of sp³-hybridized carbons (Fsp3) is 0.200. The number of amides is 1. The number of benzene rings is 1. The molecule has 6 heteroatoms. The molecule has 16 heavy (non-hydrogen) atoms. The standard InChI is InChI=1S/C10H9Cl2NO3/c11-5-1-2-6(8(12)3-5)7(10(13)16)4-9(14)15/h1-3,7H,4H2,(H2,13,16)(H,14,15). The molecular weight excluding hydrogens is 253 g/mol. The van der Waals surface area contributed by atoms with Gasteiger partial charge in [-0.05, 0) is 17.7 Å². The number of carboxylic acid groups (broad SMARTS) is 1. The normalized spacial score (nSPS) is 12.1. The summed E-state index contributed by atoms with van der Waals surface area (Å²) in [6.07, 6.45) is -0.392. The van der Waals surface area contributed by atoms with Crippen molar-refractivity contribution in [2.24, 2.45) is 5.73 Å². The second-order valence-corrected chi connectivity index (χ2v) is 4.06. The highest BCUT2D eigenvalue weighted by molar-refractivity contribution is 6.35. The zero-order valence-corrected chi connectivity index (χ0v) is 9.63. The summed E-state index contributed by atoms with van der Waals surface area (Å²) in [5.74, 6) is -2.79. The van der Waals surface area contributed by atoms with Gasteiger partial charge in [-0.3, -0.25) is 9.59 Å². The van der Waals surface area contributed by atoms with Crippen molar-refractivity contribution < 1.29 is 14.7 Å². The van der Waals surface area contributed by atoms with Crippen LogP contribution in [0, 0.1) is 0 Å². The molecule has 0 radical (unpaired) electrons. The SMILES string of the molecule is NC(=O)C(CC(=O)O)c1ccc(Cl)cc1Cl. The van der Waals surface area contributed by atoms with Gasteiger partial charge in [0.1, 0.15) is 0 Å². The monoisotopic (exact) mass is 261 g/mol. The second kappa shape index (κ2) is 5.18. The van der Waals surface area contributed by atoms with Gasteiger partial charge in [-0.15, -0.1) is 0 Å². The van der Waals surface area contributed by atoms with E-state index < -0.39 is 24.2 Å². The van der Waals surface area contributed by atoms with Gasteiger partial charge in [0, 0.05) is 10.0 Å². The lowest BCUT2D eigenvalue weighted by Crippen LogP contribution is -2.24. The van der Waals surface area contributed by atoms with Crippen molar-refractivity contribution in [2.45, 2.75) is 12.3 Å². The molecule has 0 heterocycles. The number of hydrogen-bond acceptors (Lipinski definition) is 2. The number of carboxylic acids is 1. The molecule has 0 aromatic heterocycles. The molecule has 86 valence electrons. The van der Waals surface area contributed by atoms with Crippen LogP contribution in [0.1, 0.15) is 17.9 Å². The van der Waals surface area contributed by atoms with E-state index in [0.717, 1.165) is 0 Å². The Balaban J connectivity index is 3.10. The summed E-state index contributed by atoms with van der Waals surface area (Å²) in [5.41, 5.74) is 5.51. The van der Waals surface area contributed by atoms with Crippen LogP contribution in [0.4, 0.5) is 0 Å². The minimum atomic E-state index is -1.12. The lowest BCUT2D eigenvalue weighted by molar-refractivity contribution is -0.139. The van der Waals surface area contributed by atoms with Crippen molar-refractivity contribution in [1.29, 1.82) is 0 Å². The Labute approximate surface area is 102 Å². The van der Waals surface area contributed by atoms with E-state index in [4.69, 9.17) is 34.0 Å². The molecule has 0 aliphatic heterocycles. The van der Waals surface area contributed by atoms with Gasteiger partial charge in [0.05, 0.1) is 12.3 Å². The van der Waals surface area contributed by atoms with Gasteiger partial charge < -0.3 is 10.8 Å². The third-order valence-electron chi connectivity index (χ3n) is 2.06. The zero-order valence-electron chi connectivity index (χ0n) is 8.11. The maximum absolute atomic E-state index is 11.1. The Kier molecular flexibility index (Phi) is 4.15. The largest absolute Gasteiger partial charge is 0.481 e. The van der Waals surface area contributed by atoms with E-state index in [1.54, 1.807) is 0 Å². The number of nitrogens with two attached hydrogens (primary N) is 1. The molecule has 0 saturated heterocycles. The Bertz CT molecular complexity index is 434. The highest BCUT2D eigenvalue weighted by atomic mass is 35.5. The van der Waals surface area contributed by atoms with E-state index in [1.165, 1.54) is 18.2 Å². The number of hydrogen-bond donors (Lipinski definition) is 2. The van der Waals surface area contributed by atoms with E-state index in [0.29, 0.717) is 10.6 Å². The lowest BCUT2D eigenvalue weighted by atomic mass is 9.95. The van der Waals surface area contributed by atoms with Crippen LogP contribution in [-0.4, -0.2) is 17.0 Å². The lowest BCUT2D eigenvalue weighted by Gasteiger charge is -2.13. The number of carbonyl (C=O) groups excluding carboxylic acids is 1. The average molecular weight is 262 g/mol. The summed E-state index contributed by atoms with van der Waals surface area (Å²) >= 11 is 11.6. The smallest absolute Gasteiger partial charge is 0.304 e. The third-order valence-corrected chi connectivity index (χ3v) is 2.62. The first-order valence-corrected chi connectivity index (χ1v) is 5.13. The summed E-state index contributed by atoms with van der Waals surface area (Å²) in [5, 5.41) is 9.31. The molecule has 1 aromatic rings. The van der Waals surface area contributed by atoms with Crippen molar-refractivity contribution in [3.8, 4) is 0 Å². The molecule has 1 amide bonds. The highest BCUT2D eigenvalue weighted by Crippen LogP contribution is 2.29. The molecule has 1 rings (SSSR count). The Morgan fingerprint density at radius 2 is 2.00 bits per heavy atom. The van der Waals surface area contributed by atoms with Crippen LogP contribution in [0.3, 0.4) is 0 Å². The molecule has 1 unspecified atom stereocenters. The highest BCUT2D eigenvalue weighted by Gasteiger charge is 2.23. The fourth-order valence-corrected chi connectivity index (χ4v) is 1.86. The first-order valence-electron chi connectivity index (χ1n) is 4.38. The van der Waals surface area contributed by atoms with Crippen LogP contribution in [-0.2, 0) is 9.59 Å². The van der Waals surface area contributed by atoms with Gasteiger partial charge in [-0.25, -0.2) is 0 Å². The summed E-state index contributed by atoms with van der Waals surface area (Å²) in [6.45, 7) is 0. The minimum Gasteiger partial charge on any atom is -0.481 e. The van der Waals surface area contributed by atoms with Crippen LogP contribution >= 0.6 is 23.2 Å². The molecule has 4 nitrogen and oxygen atoms in total. The van der Waals surface area contributed by atoms with Crippen molar-refractivity contribution in [1.82, 2.24) is 0 Å². The minimum absolute atomic E-state index is 0.234. The van der Waals surface area contributed by atoms with Crippen LogP contribution < -0.4 is 5.73 Å². The van der Waals surface area contributed by atoms with Gasteiger partial charge in [0.25, 0.3) is 0 Å². The predicted molar refractivity (Wildman–Crippen MR) is 60.7 cm³/mol.